The van der Waals surface area contributed by atoms with Crippen LogP contribution in [0.25, 0.3) is 0 Å². The molecule has 1 aliphatic rings. The van der Waals surface area contributed by atoms with E-state index < -0.39 is 5.41 Å². The van der Waals surface area contributed by atoms with Crippen LogP contribution in [0.2, 0.25) is 0 Å². The molecule has 1 aromatic carbocycles. The summed E-state index contributed by atoms with van der Waals surface area (Å²) in [6, 6.07) is 13.6. The van der Waals surface area contributed by atoms with Gasteiger partial charge in [0, 0.05) is 18.0 Å². The Labute approximate surface area is 112 Å². The summed E-state index contributed by atoms with van der Waals surface area (Å²) in [6.45, 7) is 0.293. The van der Waals surface area contributed by atoms with Crippen molar-refractivity contribution in [3.8, 4) is 0 Å². The zero-order valence-corrected chi connectivity index (χ0v) is 10.6. The van der Waals surface area contributed by atoms with Gasteiger partial charge in [0.1, 0.15) is 6.61 Å². The van der Waals surface area contributed by atoms with E-state index >= 15 is 0 Å². The molecule has 0 N–H and O–H groups in total. The van der Waals surface area contributed by atoms with E-state index in [-0.39, 0.29) is 5.97 Å². The number of benzene rings is 1. The van der Waals surface area contributed by atoms with Gasteiger partial charge in [-0.3, -0.25) is 9.78 Å². The van der Waals surface area contributed by atoms with E-state index in [9.17, 15) is 4.79 Å². The van der Waals surface area contributed by atoms with Gasteiger partial charge in [0.25, 0.3) is 0 Å². The van der Waals surface area contributed by atoms with E-state index in [4.69, 9.17) is 4.74 Å². The highest BCUT2D eigenvalue weighted by molar-refractivity contribution is 5.86. The van der Waals surface area contributed by atoms with E-state index in [1.165, 1.54) is 0 Å². The van der Waals surface area contributed by atoms with Crippen molar-refractivity contribution in [1.29, 1.82) is 0 Å². The Kier molecular flexibility index (Phi) is 3.03. The summed E-state index contributed by atoms with van der Waals surface area (Å²) < 4.78 is 5.43. The number of carbonyl (C=O) groups is 1. The summed E-state index contributed by atoms with van der Waals surface area (Å²) in [5, 5.41) is 0. The van der Waals surface area contributed by atoms with E-state index in [0.29, 0.717) is 6.61 Å². The van der Waals surface area contributed by atoms with Crippen molar-refractivity contribution in [1.82, 2.24) is 4.98 Å². The van der Waals surface area contributed by atoms with Gasteiger partial charge in [-0.2, -0.15) is 0 Å². The zero-order valence-electron chi connectivity index (χ0n) is 10.6. The Morgan fingerprint density at radius 3 is 2.58 bits per heavy atom. The standard InChI is InChI=1S/C16H15NO2/c18-15(19-12-13-5-4-10-17-11-13)16(8-9-16)14-6-2-1-3-7-14/h1-7,10-11H,8-9,12H2. The second-order valence-corrected chi connectivity index (χ2v) is 4.89. The van der Waals surface area contributed by atoms with Crippen molar-refractivity contribution >= 4 is 5.97 Å². The maximum Gasteiger partial charge on any atom is 0.316 e. The molecule has 0 atom stereocenters. The number of carbonyl (C=O) groups excluding carboxylic acids is 1. The molecule has 0 unspecified atom stereocenters. The topological polar surface area (TPSA) is 39.2 Å². The second kappa shape index (κ2) is 4.84. The van der Waals surface area contributed by atoms with Crippen LogP contribution in [0.1, 0.15) is 24.0 Å². The number of hydrogen-bond acceptors (Lipinski definition) is 3. The average Bonchev–Trinajstić information content (AvgIpc) is 3.28. The maximum atomic E-state index is 12.3. The van der Waals surface area contributed by atoms with Crippen LogP contribution >= 0.6 is 0 Å². The molecule has 0 saturated heterocycles. The molecule has 0 bridgehead atoms. The molecule has 1 heterocycles. The molecule has 3 nitrogen and oxygen atoms in total. The van der Waals surface area contributed by atoms with Crippen LogP contribution in [0.15, 0.2) is 54.9 Å². The first-order valence-electron chi connectivity index (χ1n) is 6.43. The van der Waals surface area contributed by atoms with Crippen molar-refractivity contribution < 1.29 is 9.53 Å². The van der Waals surface area contributed by atoms with Gasteiger partial charge in [0.05, 0.1) is 5.41 Å². The molecule has 0 radical (unpaired) electrons. The number of hydrogen-bond donors (Lipinski definition) is 0. The molecule has 96 valence electrons. The fraction of sp³-hybridized carbons (Fsp3) is 0.250. The highest BCUT2D eigenvalue weighted by Crippen LogP contribution is 2.49. The maximum absolute atomic E-state index is 12.3. The summed E-state index contributed by atoms with van der Waals surface area (Å²) in [7, 11) is 0. The number of ether oxygens (including phenoxy) is 1. The van der Waals surface area contributed by atoms with E-state index in [2.05, 4.69) is 4.98 Å². The highest BCUT2D eigenvalue weighted by atomic mass is 16.5. The number of esters is 1. The van der Waals surface area contributed by atoms with E-state index in [1.54, 1.807) is 12.4 Å². The lowest BCUT2D eigenvalue weighted by molar-refractivity contribution is -0.148. The number of rotatable bonds is 4. The normalized spacial score (nSPS) is 15.8. The third kappa shape index (κ3) is 2.36. The minimum Gasteiger partial charge on any atom is -0.460 e. The number of nitrogens with zero attached hydrogens (tertiary/aromatic N) is 1. The lowest BCUT2D eigenvalue weighted by atomic mass is 9.96. The Bertz CT molecular complexity index is 562. The first-order valence-corrected chi connectivity index (χ1v) is 6.43. The van der Waals surface area contributed by atoms with Crippen molar-refractivity contribution in [2.24, 2.45) is 0 Å². The van der Waals surface area contributed by atoms with Crippen LogP contribution in [-0.4, -0.2) is 11.0 Å². The van der Waals surface area contributed by atoms with Gasteiger partial charge in [-0.15, -0.1) is 0 Å². The van der Waals surface area contributed by atoms with Gasteiger partial charge < -0.3 is 4.74 Å². The predicted molar refractivity (Wildman–Crippen MR) is 71.4 cm³/mol. The van der Waals surface area contributed by atoms with Crippen molar-refractivity contribution in [3.63, 3.8) is 0 Å². The van der Waals surface area contributed by atoms with Gasteiger partial charge >= 0.3 is 5.97 Å². The minimum atomic E-state index is -0.399. The minimum absolute atomic E-state index is 0.123. The van der Waals surface area contributed by atoms with Gasteiger partial charge in [0.15, 0.2) is 0 Å². The SMILES string of the molecule is O=C(OCc1cccnc1)C1(c2ccccc2)CC1. The summed E-state index contributed by atoms with van der Waals surface area (Å²) in [5.74, 6) is -0.123. The fourth-order valence-electron chi connectivity index (χ4n) is 2.26. The van der Waals surface area contributed by atoms with Gasteiger partial charge in [-0.25, -0.2) is 0 Å². The third-order valence-electron chi connectivity index (χ3n) is 3.56. The number of aromatic nitrogens is 1. The molecule has 2 aromatic rings. The van der Waals surface area contributed by atoms with Crippen LogP contribution < -0.4 is 0 Å². The molecule has 1 fully saturated rings. The molecule has 1 aliphatic carbocycles. The average molecular weight is 253 g/mol. The lowest BCUT2D eigenvalue weighted by Gasteiger charge is -2.14. The van der Waals surface area contributed by atoms with Gasteiger partial charge in [-0.1, -0.05) is 36.4 Å². The molecule has 3 rings (SSSR count). The predicted octanol–water partition coefficient (Wildman–Crippen LogP) is 2.86. The largest absolute Gasteiger partial charge is 0.460 e. The zero-order chi connectivity index (χ0) is 13.1. The fourth-order valence-corrected chi connectivity index (χ4v) is 2.26. The van der Waals surface area contributed by atoms with Crippen LogP contribution in [-0.2, 0) is 21.6 Å². The molecule has 3 heteroatoms. The molecule has 19 heavy (non-hydrogen) atoms. The monoisotopic (exact) mass is 253 g/mol. The third-order valence-corrected chi connectivity index (χ3v) is 3.56. The molecule has 0 aliphatic heterocycles. The van der Waals surface area contributed by atoms with Crippen LogP contribution in [0.5, 0.6) is 0 Å². The van der Waals surface area contributed by atoms with E-state index in [1.807, 2.05) is 42.5 Å². The Hall–Kier alpha value is -2.16. The van der Waals surface area contributed by atoms with Crippen LogP contribution in [0.4, 0.5) is 0 Å². The summed E-state index contributed by atoms with van der Waals surface area (Å²) in [6.07, 6.45) is 5.18. The van der Waals surface area contributed by atoms with E-state index in [0.717, 1.165) is 24.0 Å². The first-order chi connectivity index (χ1) is 9.31. The Morgan fingerprint density at radius 2 is 1.95 bits per heavy atom. The quantitative estimate of drug-likeness (QED) is 0.786. The van der Waals surface area contributed by atoms with Crippen molar-refractivity contribution in [2.75, 3.05) is 0 Å². The summed E-state index contributed by atoms with van der Waals surface area (Å²) >= 11 is 0. The molecule has 1 saturated carbocycles. The van der Waals surface area contributed by atoms with Gasteiger partial charge in [-0.05, 0) is 24.5 Å². The Balaban J connectivity index is 1.68. The Morgan fingerprint density at radius 1 is 1.16 bits per heavy atom. The lowest BCUT2D eigenvalue weighted by Crippen LogP contribution is -2.23. The van der Waals surface area contributed by atoms with Crippen molar-refractivity contribution in [2.45, 2.75) is 24.9 Å². The summed E-state index contributed by atoms with van der Waals surface area (Å²) in [5.41, 5.74) is 1.58. The second-order valence-electron chi connectivity index (χ2n) is 4.89. The molecular formula is C16H15NO2. The summed E-state index contributed by atoms with van der Waals surface area (Å²) in [4.78, 5) is 16.3. The van der Waals surface area contributed by atoms with Gasteiger partial charge in [0.2, 0.25) is 0 Å². The molecular weight excluding hydrogens is 238 g/mol. The molecule has 0 amide bonds. The number of pyridine rings is 1. The van der Waals surface area contributed by atoms with Crippen LogP contribution in [0, 0.1) is 0 Å². The highest BCUT2D eigenvalue weighted by Gasteiger charge is 2.52. The molecule has 0 spiro atoms. The molecule has 1 aromatic heterocycles. The van der Waals surface area contributed by atoms with Crippen molar-refractivity contribution in [3.05, 3.63) is 66.0 Å². The first kappa shape index (κ1) is 11.9. The smallest absolute Gasteiger partial charge is 0.316 e. The van der Waals surface area contributed by atoms with Crippen LogP contribution in [0.3, 0.4) is 0 Å².